The first kappa shape index (κ1) is 14.0. The molecule has 0 aliphatic carbocycles. The molecule has 2 heteroatoms. The average molecular weight is 234 g/mol. The minimum absolute atomic E-state index is 0.590. The number of hydrogen-bond acceptors (Lipinski definition) is 2. The quantitative estimate of drug-likeness (QED) is 0.766. The van der Waals surface area contributed by atoms with E-state index in [9.17, 15) is 0 Å². The van der Waals surface area contributed by atoms with Crippen LogP contribution < -0.4 is 4.90 Å². The maximum absolute atomic E-state index is 4.46. The van der Waals surface area contributed by atoms with Gasteiger partial charge in [-0.15, -0.1) is 0 Å². The molecule has 0 aromatic carbocycles. The minimum atomic E-state index is 0.590. The van der Waals surface area contributed by atoms with Gasteiger partial charge >= 0.3 is 0 Å². The van der Waals surface area contributed by atoms with Crippen molar-refractivity contribution in [1.82, 2.24) is 4.98 Å². The third-order valence-corrected chi connectivity index (χ3v) is 3.18. The van der Waals surface area contributed by atoms with Gasteiger partial charge in [0.1, 0.15) is 5.82 Å². The Morgan fingerprint density at radius 1 is 1.35 bits per heavy atom. The molecule has 0 amide bonds. The van der Waals surface area contributed by atoms with E-state index in [-0.39, 0.29) is 0 Å². The van der Waals surface area contributed by atoms with Crippen LogP contribution in [0.3, 0.4) is 0 Å². The predicted molar refractivity (Wildman–Crippen MR) is 75.7 cm³/mol. The molecular formula is C15H26N2. The molecule has 1 unspecified atom stereocenters. The minimum Gasteiger partial charge on any atom is -0.356 e. The maximum atomic E-state index is 4.46. The number of nitrogens with zero attached hydrogens (tertiary/aromatic N) is 2. The lowest BCUT2D eigenvalue weighted by Gasteiger charge is -2.18. The molecular weight excluding hydrogens is 208 g/mol. The summed E-state index contributed by atoms with van der Waals surface area (Å²) in [4.78, 5) is 6.86. The van der Waals surface area contributed by atoms with Crippen molar-refractivity contribution >= 4 is 5.82 Å². The second-order valence-corrected chi connectivity index (χ2v) is 4.94. The van der Waals surface area contributed by atoms with E-state index in [1.165, 1.54) is 12.0 Å². The molecule has 0 N–H and O–H groups in total. The van der Waals surface area contributed by atoms with Crippen LogP contribution >= 0.6 is 0 Å². The normalized spacial score (nSPS) is 19.2. The molecule has 1 saturated heterocycles. The summed E-state index contributed by atoms with van der Waals surface area (Å²) in [5.41, 5.74) is 1.39. The predicted octanol–water partition coefficient (Wildman–Crippen LogP) is 4.08. The zero-order valence-electron chi connectivity index (χ0n) is 11.9. The van der Waals surface area contributed by atoms with E-state index in [0.717, 1.165) is 24.8 Å². The van der Waals surface area contributed by atoms with Crippen molar-refractivity contribution in [2.75, 3.05) is 18.0 Å². The SMILES string of the molecule is CC.CC1CCN(c2cc(C(C)C)ccn2)C1. The molecule has 0 radical (unpaired) electrons. The molecule has 1 aliphatic rings. The second kappa shape index (κ2) is 6.63. The first-order valence-electron chi connectivity index (χ1n) is 6.87. The second-order valence-electron chi connectivity index (χ2n) is 4.94. The number of aromatic nitrogens is 1. The fourth-order valence-electron chi connectivity index (χ4n) is 2.11. The van der Waals surface area contributed by atoms with Gasteiger partial charge in [0.05, 0.1) is 0 Å². The molecule has 2 rings (SSSR count). The van der Waals surface area contributed by atoms with E-state index in [1.807, 2.05) is 20.0 Å². The molecule has 17 heavy (non-hydrogen) atoms. The number of pyridine rings is 1. The highest BCUT2D eigenvalue weighted by atomic mass is 15.2. The third kappa shape index (κ3) is 3.72. The van der Waals surface area contributed by atoms with E-state index in [0.29, 0.717) is 5.92 Å². The topological polar surface area (TPSA) is 16.1 Å². The van der Waals surface area contributed by atoms with Gasteiger partial charge in [0.15, 0.2) is 0 Å². The summed E-state index contributed by atoms with van der Waals surface area (Å²) in [6.45, 7) is 13.1. The first-order valence-corrected chi connectivity index (χ1v) is 6.87. The van der Waals surface area contributed by atoms with E-state index in [4.69, 9.17) is 0 Å². The van der Waals surface area contributed by atoms with Gasteiger partial charge in [-0.05, 0) is 36.0 Å². The number of anilines is 1. The lowest BCUT2D eigenvalue weighted by Crippen LogP contribution is -2.20. The maximum Gasteiger partial charge on any atom is 0.128 e. The fourth-order valence-corrected chi connectivity index (χ4v) is 2.11. The highest BCUT2D eigenvalue weighted by Crippen LogP contribution is 2.24. The summed E-state index contributed by atoms with van der Waals surface area (Å²) in [7, 11) is 0. The molecule has 1 aliphatic heterocycles. The molecule has 1 aromatic rings. The van der Waals surface area contributed by atoms with Gasteiger partial charge in [-0.3, -0.25) is 0 Å². The Balaban J connectivity index is 0.000000686. The fraction of sp³-hybridized carbons (Fsp3) is 0.667. The summed E-state index contributed by atoms with van der Waals surface area (Å²) >= 11 is 0. The molecule has 0 bridgehead atoms. The molecule has 2 nitrogen and oxygen atoms in total. The summed E-state index contributed by atoms with van der Waals surface area (Å²) in [6, 6.07) is 4.36. The zero-order chi connectivity index (χ0) is 12.8. The molecule has 2 heterocycles. The van der Waals surface area contributed by atoms with Crippen LogP contribution in [-0.4, -0.2) is 18.1 Å². The number of hydrogen-bond donors (Lipinski definition) is 0. The van der Waals surface area contributed by atoms with Gasteiger partial charge in [-0.2, -0.15) is 0 Å². The first-order chi connectivity index (χ1) is 8.16. The lowest BCUT2D eigenvalue weighted by molar-refractivity contribution is 0.659. The average Bonchev–Trinajstić information content (AvgIpc) is 2.79. The Hall–Kier alpha value is -1.05. The smallest absolute Gasteiger partial charge is 0.128 e. The van der Waals surface area contributed by atoms with E-state index < -0.39 is 0 Å². The van der Waals surface area contributed by atoms with Crippen molar-refractivity contribution in [3.8, 4) is 0 Å². The van der Waals surface area contributed by atoms with Crippen LogP contribution in [-0.2, 0) is 0 Å². The molecule has 1 fully saturated rings. The van der Waals surface area contributed by atoms with Crippen molar-refractivity contribution < 1.29 is 0 Å². The van der Waals surface area contributed by atoms with Crippen LogP contribution in [0.15, 0.2) is 18.3 Å². The van der Waals surface area contributed by atoms with Crippen LogP contribution in [0.5, 0.6) is 0 Å². The van der Waals surface area contributed by atoms with Gasteiger partial charge in [-0.1, -0.05) is 34.6 Å². The van der Waals surface area contributed by atoms with Crippen molar-refractivity contribution in [3.05, 3.63) is 23.9 Å². The molecule has 96 valence electrons. The Morgan fingerprint density at radius 3 is 2.59 bits per heavy atom. The highest BCUT2D eigenvalue weighted by Gasteiger charge is 2.19. The molecule has 0 spiro atoms. The summed E-state index contributed by atoms with van der Waals surface area (Å²) in [5.74, 6) is 2.56. The molecule has 1 aromatic heterocycles. The Kier molecular flexibility index (Phi) is 5.46. The van der Waals surface area contributed by atoms with Crippen LogP contribution in [0.4, 0.5) is 5.82 Å². The van der Waals surface area contributed by atoms with E-state index in [1.54, 1.807) is 0 Å². The Labute approximate surface area is 106 Å². The molecule has 0 saturated carbocycles. The van der Waals surface area contributed by atoms with E-state index >= 15 is 0 Å². The van der Waals surface area contributed by atoms with Crippen molar-refractivity contribution in [1.29, 1.82) is 0 Å². The van der Waals surface area contributed by atoms with Crippen LogP contribution in [0.1, 0.15) is 52.5 Å². The standard InChI is InChI=1S/C13H20N2.C2H6/c1-10(2)12-4-6-14-13(8-12)15-7-5-11(3)9-15;1-2/h4,6,8,10-11H,5,7,9H2,1-3H3;1-2H3. The summed E-state index contributed by atoms with van der Waals surface area (Å²) in [5, 5.41) is 0. The summed E-state index contributed by atoms with van der Waals surface area (Å²) in [6.07, 6.45) is 3.24. The van der Waals surface area contributed by atoms with Gasteiger partial charge in [0.25, 0.3) is 0 Å². The lowest BCUT2D eigenvalue weighted by atomic mass is 10.1. The van der Waals surface area contributed by atoms with Gasteiger partial charge in [0.2, 0.25) is 0 Å². The third-order valence-electron chi connectivity index (χ3n) is 3.18. The van der Waals surface area contributed by atoms with Crippen LogP contribution in [0.2, 0.25) is 0 Å². The van der Waals surface area contributed by atoms with Crippen molar-refractivity contribution in [3.63, 3.8) is 0 Å². The van der Waals surface area contributed by atoms with Gasteiger partial charge in [-0.25, -0.2) is 4.98 Å². The molecule has 1 atom stereocenters. The largest absolute Gasteiger partial charge is 0.356 e. The van der Waals surface area contributed by atoms with Crippen LogP contribution in [0.25, 0.3) is 0 Å². The Bertz CT molecular complexity index is 333. The number of rotatable bonds is 2. The monoisotopic (exact) mass is 234 g/mol. The zero-order valence-corrected chi connectivity index (χ0v) is 11.9. The van der Waals surface area contributed by atoms with Crippen LogP contribution in [0, 0.1) is 5.92 Å². The van der Waals surface area contributed by atoms with Gasteiger partial charge in [0, 0.05) is 19.3 Å². The van der Waals surface area contributed by atoms with Crippen molar-refractivity contribution in [2.24, 2.45) is 5.92 Å². The van der Waals surface area contributed by atoms with Crippen molar-refractivity contribution in [2.45, 2.75) is 47.0 Å². The van der Waals surface area contributed by atoms with Gasteiger partial charge < -0.3 is 4.90 Å². The van der Waals surface area contributed by atoms with E-state index in [2.05, 4.69) is 42.8 Å². The highest BCUT2D eigenvalue weighted by molar-refractivity contribution is 5.42. The Morgan fingerprint density at radius 2 is 2.06 bits per heavy atom. The summed E-state index contributed by atoms with van der Waals surface area (Å²) < 4.78 is 0.